The predicted octanol–water partition coefficient (Wildman–Crippen LogP) is 2.08. The van der Waals surface area contributed by atoms with Gasteiger partial charge < -0.3 is 4.57 Å². The molecule has 1 atom stereocenters. The number of nitrogens with two attached hydrogens (primary N) is 1. The highest BCUT2D eigenvalue weighted by Crippen LogP contribution is 2.35. The van der Waals surface area contributed by atoms with E-state index in [1.165, 1.54) is 17.7 Å². The van der Waals surface area contributed by atoms with Crippen LogP contribution < -0.4 is 10.7 Å². The quantitative estimate of drug-likeness (QED) is 0.859. The van der Waals surface area contributed by atoms with Gasteiger partial charge in [-0.1, -0.05) is 6.92 Å². The van der Waals surface area contributed by atoms with Gasteiger partial charge in [-0.05, 0) is 30.9 Å². The van der Waals surface area contributed by atoms with Gasteiger partial charge in [0.2, 0.25) is 0 Å². The highest BCUT2D eigenvalue weighted by atomic mass is 14.9. The van der Waals surface area contributed by atoms with Crippen molar-refractivity contribution in [2.45, 2.75) is 26.2 Å². The Morgan fingerprint density at radius 2 is 2.30 bits per heavy atom. The number of rotatable bonds is 1. The van der Waals surface area contributed by atoms with E-state index >= 15 is 0 Å². The minimum absolute atomic E-state index is 0.483. The van der Waals surface area contributed by atoms with E-state index < -0.39 is 0 Å². The number of H-pyrrole nitrogens is 1. The van der Waals surface area contributed by atoms with Crippen molar-refractivity contribution < 1.29 is 4.98 Å². The average Bonchev–Trinajstić information content (AvgIpc) is 2.84. The van der Waals surface area contributed by atoms with Crippen molar-refractivity contribution >= 4 is 5.82 Å². The first-order valence-corrected chi connectivity index (χ1v) is 7.00. The highest BCUT2D eigenvalue weighted by molar-refractivity contribution is 5.76. The van der Waals surface area contributed by atoms with E-state index in [9.17, 15) is 5.26 Å². The number of fused-ring (bicyclic) bond motifs is 1. The van der Waals surface area contributed by atoms with E-state index in [1.54, 1.807) is 0 Å². The summed E-state index contributed by atoms with van der Waals surface area (Å²) >= 11 is 0. The molecule has 0 spiro atoms. The molecule has 0 saturated carbocycles. The van der Waals surface area contributed by atoms with Crippen LogP contribution >= 0.6 is 0 Å². The number of aryl methyl sites for hydroxylation is 2. The fourth-order valence-electron chi connectivity index (χ4n) is 3.14. The molecule has 0 saturated heterocycles. The van der Waals surface area contributed by atoms with Gasteiger partial charge in [0.15, 0.2) is 5.56 Å². The fourth-order valence-corrected chi connectivity index (χ4v) is 3.14. The van der Waals surface area contributed by atoms with E-state index in [4.69, 9.17) is 5.73 Å². The maximum Gasteiger partial charge on any atom is 0.289 e. The summed E-state index contributed by atoms with van der Waals surface area (Å²) in [5.41, 5.74) is 11.2. The fraction of sp³-hybridized carbons (Fsp3) is 0.375. The summed E-state index contributed by atoms with van der Waals surface area (Å²) < 4.78 is 2.05. The molecule has 2 aromatic heterocycles. The molecular weight excluding hydrogens is 248 g/mol. The predicted molar refractivity (Wildman–Crippen MR) is 77.7 cm³/mol. The number of hydrogen-bond acceptors (Lipinski definition) is 2. The maximum atomic E-state index is 9.50. The first kappa shape index (κ1) is 12.7. The average molecular weight is 267 g/mol. The number of hydrogen-bond donors (Lipinski definition) is 1. The van der Waals surface area contributed by atoms with Crippen LogP contribution in [0.3, 0.4) is 0 Å². The van der Waals surface area contributed by atoms with Crippen LogP contribution in [-0.2, 0) is 19.9 Å². The number of nitrogens with zero attached hydrogens (tertiary/aromatic N) is 2. The standard InChI is InChI=1S/C16H18N4/c1-10-5-6-13-11(8-10)15(12(9-17)16(18)19-13)14-4-3-7-20(14)2/h3-4,7,10H,5-6,8H2,1-2H3,(H2,18,19)/p+1/t10-/m1/s1. The summed E-state index contributed by atoms with van der Waals surface area (Å²) in [6.45, 7) is 2.26. The Morgan fingerprint density at radius 3 is 2.95 bits per heavy atom. The van der Waals surface area contributed by atoms with E-state index in [0.717, 1.165) is 24.1 Å². The molecule has 4 nitrogen and oxygen atoms in total. The molecule has 3 N–H and O–H groups in total. The van der Waals surface area contributed by atoms with Gasteiger partial charge in [-0.2, -0.15) is 5.26 Å². The minimum atomic E-state index is 0.483. The molecule has 4 heteroatoms. The normalized spacial score (nSPS) is 17.6. The third-order valence-corrected chi connectivity index (χ3v) is 4.22. The van der Waals surface area contributed by atoms with Gasteiger partial charge in [-0.25, -0.2) is 4.98 Å². The highest BCUT2D eigenvalue weighted by Gasteiger charge is 2.28. The number of aromatic amines is 1. The molecule has 0 fully saturated rings. The van der Waals surface area contributed by atoms with Gasteiger partial charge in [0.1, 0.15) is 11.8 Å². The summed E-state index contributed by atoms with van der Waals surface area (Å²) in [5, 5.41) is 9.50. The Morgan fingerprint density at radius 1 is 1.50 bits per heavy atom. The zero-order valence-electron chi connectivity index (χ0n) is 11.9. The minimum Gasteiger partial charge on any atom is -0.351 e. The lowest BCUT2D eigenvalue weighted by Gasteiger charge is -2.23. The molecule has 0 unspecified atom stereocenters. The summed E-state index contributed by atoms with van der Waals surface area (Å²) in [6, 6.07) is 6.33. The molecule has 0 bridgehead atoms. The second kappa shape index (κ2) is 4.68. The summed E-state index contributed by atoms with van der Waals surface area (Å²) in [5.74, 6) is 1.13. The third kappa shape index (κ3) is 1.87. The van der Waals surface area contributed by atoms with Gasteiger partial charge in [0.05, 0.1) is 0 Å². The lowest BCUT2D eigenvalue weighted by Crippen LogP contribution is -2.27. The Labute approximate surface area is 118 Å². The molecule has 1 aliphatic rings. The van der Waals surface area contributed by atoms with Crippen LogP contribution in [0.2, 0.25) is 0 Å². The SMILES string of the molecule is C[C@@H]1CCc2[nH+]c(N)c(C#N)c(-c3cccn3C)c2C1. The number of nitriles is 1. The molecule has 1 aliphatic carbocycles. The Bertz CT molecular complexity index is 706. The van der Waals surface area contributed by atoms with Crippen molar-refractivity contribution in [3.05, 3.63) is 35.2 Å². The number of anilines is 1. The molecule has 2 heterocycles. The van der Waals surface area contributed by atoms with Crippen molar-refractivity contribution in [3.63, 3.8) is 0 Å². The first-order chi connectivity index (χ1) is 9.61. The molecule has 102 valence electrons. The van der Waals surface area contributed by atoms with Gasteiger partial charge in [-0.15, -0.1) is 0 Å². The Hall–Kier alpha value is -2.28. The molecule has 0 aliphatic heterocycles. The number of aromatic nitrogens is 2. The van der Waals surface area contributed by atoms with Crippen LogP contribution in [0.4, 0.5) is 5.82 Å². The van der Waals surface area contributed by atoms with Crippen LogP contribution in [0.25, 0.3) is 11.3 Å². The lowest BCUT2D eigenvalue weighted by atomic mass is 9.83. The number of nitrogen functional groups attached to an aromatic ring is 1. The van der Waals surface area contributed by atoms with Crippen molar-refractivity contribution in [2.24, 2.45) is 13.0 Å². The topological polar surface area (TPSA) is 68.9 Å². The van der Waals surface area contributed by atoms with Gasteiger partial charge in [-0.3, -0.25) is 5.73 Å². The van der Waals surface area contributed by atoms with Crippen LogP contribution in [0, 0.1) is 17.2 Å². The lowest BCUT2D eigenvalue weighted by molar-refractivity contribution is -0.375. The van der Waals surface area contributed by atoms with Crippen molar-refractivity contribution in [1.29, 1.82) is 5.26 Å². The van der Waals surface area contributed by atoms with Crippen LogP contribution in [0.5, 0.6) is 0 Å². The second-order valence-electron chi connectivity index (χ2n) is 5.71. The van der Waals surface area contributed by atoms with Crippen LogP contribution in [-0.4, -0.2) is 4.57 Å². The third-order valence-electron chi connectivity index (χ3n) is 4.22. The van der Waals surface area contributed by atoms with Gasteiger partial charge in [0.25, 0.3) is 5.82 Å². The second-order valence-corrected chi connectivity index (χ2v) is 5.71. The van der Waals surface area contributed by atoms with E-state index in [1.807, 2.05) is 19.3 Å². The Balaban J connectivity index is 2.33. The zero-order valence-corrected chi connectivity index (χ0v) is 11.9. The first-order valence-electron chi connectivity index (χ1n) is 7.00. The largest absolute Gasteiger partial charge is 0.351 e. The van der Waals surface area contributed by atoms with E-state index in [0.29, 0.717) is 17.3 Å². The summed E-state index contributed by atoms with van der Waals surface area (Å²) in [7, 11) is 2.00. The van der Waals surface area contributed by atoms with Crippen molar-refractivity contribution in [2.75, 3.05) is 5.73 Å². The number of pyridine rings is 1. The molecular formula is C16H19N4+. The van der Waals surface area contributed by atoms with E-state index in [-0.39, 0.29) is 0 Å². The molecule has 3 rings (SSSR count). The number of nitrogens with one attached hydrogen (secondary N) is 1. The summed E-state index contributed by atoms with van der Waals surface area (Å²) in [4.78, 5) is 3.24. The molecule has 0 amide bonds. The maximum absolute atomic E-state index is 9.50. The molecule has 0 radical (unpaired) electrons. The van der Waals surface area contributed by atoms with Crippen molar-refractivity contribution in [1.82, 2.24) is 4.57 Å². The van der Waals surface area contributed by atoms with Crippen LogP contribution in [0.1, 0.15) is 30.2 Å². The van der Waals surface area contributed by atoms with Crippen LogP contribution in [0.15, 0.2) is 18.3 Å². The van der Waals surface area contributed by atoms with Gasteiger partial charge in [0, 0.05) is 36.5 Å². The van der Waals surface area contributed by atoms with Crippen molar-refractivity contribution in [3.8, 4) is 17.3 Å². The zero-order chi connectivity index (χ0) is 14.3. The Kier molecular flexibility index (Phi) is 2.98. The molecule has 2 aromatic rings. The monoisotopic (exact) mass is 267 g/mol. The molecule has 0 aromatic carbocycles. The van der Waals surface area contributed by atoms with Gasteiger partial charge >= 0.3 is 0 Å². The van der Waals surface area contributed by atoms with E-state index in [2.05, 4.69) is 28.6 Å². The smallest absolute Gasteiger partial charge is 0.289 e. The molecule has 20 heavy (non-hydrogen) atoms. The summed E-state index contributed by atoms with van der Waals surface area (Å²) in [6.07, 6.45) is 5.18.